The Hall–Kier alpha value is -0.560. The highest BCUT2D eigenvalue weighted by atomic mass is 35.5. The fourth-order valence-corrected chi connectivity index (χ4v) is 1.59. The van der Waals surface area contributed by atoms with Crippen molar-refractivity contribution >= 4 is 11.6 Å². The average molecular weight is 184 g/mol. The zero-order chi connectivity index (χ0) is 9.35. The van der Waals surface area contributed by atoms with E-state index in [1.54, 1.807) is 0 Å². The van der Waals surface area contributed by atoms with E-state index in [-0.39, 0.29) is 5.41 Å². The maximum atomic E-state index is 6.05. The van der Waals surface area contributed by atoms with Crippen molar-refractivity contribution in [3.05, 3.63) is 28.5 Å². The van der Waals surface area contributed by atoms with Gasteiger partial charge in [-0.15, -0.1) is 0 Å². The fourth-order valence-electron chi connectivity index (χ4n) is 1.09. The van der Waals surface area contributed by atoms with E-state index in [1.807, 2.05) is 19.2 Å². The van der Waals surface area contributed by atoms with Crippen molar-refractivity contribution in [1.82, 2.24) is 4.98 Å². The van der Waals surface area contributed by atoms with Gasteiger partial charge in [0.15, 0.2) is 0 Å². The number of aromatic nitrogens is 1. The van der Waals surface area contributed by atoms with Gasteiger partial charge in [-0.25, -0.2) is 0 Å². The number of pyridine rings is 1. The van der Waals surface area contributed by atoms with Crippen LogP contribution in [0.15, 0.2) is 12.3 Å². The van der Waals surface area contributed by atoms with Crippen molar-refractivity contribution in [3.8, 4) is 0 Å². The molecule has 0 N–H and O–H groups in total. The van der Waals surface area contributed by atoms with Crippen LogP contribution >= 0.6 is 11.6 Å². The number of halogens is 1. The van der Waals surface area contributed by atoms with E-state index < -0.39 is 0 Å². The van der Waals surface area contributed by atoms with Gasteiger partial charge in [0.05, 0.1) is 10.7 Å². The zero-order valence-corrected chi connectivity index (χ0v) is 8.74. The molecule has 12 heavy (non-hydrogen) atoms. The third-order valence-electron chi connectivity index (χ3n) is 1.69. The number of hydrogen-bond donors (Lipinski definition) is 0. The van der Waals surface area contributed by atoms with Crippen LogP contribution in [-0.4, -0.2) is 4.98 Å². The summed E-state index contributed by atoms with van der Waals surface area (Å²) in [6.07, 6.45) is 1.85. The number of hydrogen-bond acceptors (Lipinski definition) is 1. The minimum absolute atomic E-state index is 0.0325. The van der Waals surface area contributed by atoms with Crippen LogP contribution in [0.1, 0.15) is 32.0 Å². The Morgan fingerprint density at radius 1 is 1.33 bits per heavy atom. The molecule has 0 spiro atoms. The van der Waals surface area contributed by atoms with Gasteiger partial charge in [0.25, 0.3) is 0 Å². The van der Waals surface area contributed by atoms with Crippen LogP contribution in [0.4, 0.5) is 0 Å². The van der Waals surface area contributed by atoms with Crippen LogP contribution in [0.2, 0.25) is 5.02 Å². The molecule has 0 fully saturated rings. The molecule has 0 amide bonds. The first kappa shape index (κ1) is 9.53. The molecule has 0 bridgehead atoms. The van der Waals surface area contributed by atoms with Gasteiger partial charge in [-0.3, -0.25) is 4.98 Å². The summed E-state index contributed by atoms with van der Waals surface area (Å²) in [7, 11) is 0. The Labute approximate surface area is 78.8 Å². The summed E-state index contributed by atoms with van der Waals surface area (Å²) in [5.41, 5.74) is 2.10. The summed E-state index contributed by atoms with van der Waals surface area (Å²) in [5.74, 6) is 0. The van der Waals surface area contributed by atoms with Gasteiger partial charge >= 0.3 is 0 Å². The summed E-state index contributed by atoms with van der Waals surface area (Å²) >= 11 is 6.05. The van der Waals surface area contributed by atoms with Crippen LogP contribution in [0.3, 0.4) is 0 Å². The van der Waals surface area contributed by atoms with E-state index in [4.69, 9.17) is 11.6 Å². The van der Waals surface area contributed by atoms with Gasteiger partial charge in [-0.1, -0.05) is 32.4 Å². The lowest BCUT2D eigenvalue weighted by Gasteiger charge is -2.18. The van der Waals surface area contributed by atoms with E-state index in [0.29, 0.717) is 0 Å². The lowest BCUT2D eigenvalue weighted by molar-refractivity contribution is 0.569. The minimum Gasteiger partial charge on any atom is -0.259 e. The highest BCUT2D eigenvalue weighted by Gasteiger charge is 2.18. The molecule has 0 aromatic carbocycles. The maximum absolute atomic E-state index is 6.05. The van der Waals surface area contributed by atoms with Gasteiger partial charge in [0.1, 0.15) is 0 Å². The number of nitrogens with zero attached hydrogens (tertiary/aromatic N) is 1. The first-order chi connectivity index (χ1) is 5.41. The SMILES string of the molecule is Cc1cnc(C(C)(C)C)c(Cl)c1. The fraction of sp³-hybridized carbons (Fsp3) is 0.500. The molecule has 66 valence electrons. The largest absolute Gasteiger partial charge is 0.259 e. The summed E-state index contributed by atoms with van der Waals surface area (Å²) in [5, 5.41) is 0.766. The number of aryl methyl sites for hydroxylation is 1. The van der Waals surface area contributed by atoms with Gasteiger partial charge in [-0.2, -0.15) is 0 Å². The topological polar surface area (TPSA) is 12.9 Å². The van der Waals surface area contributed by atoms with E-state index in [9.17, 15) is 0 Å². The number of rotatable bonds is 0. The highest BCUT2D eigenvalue weighted by Crippen LogP contribution is 2.27. The van der Waals surface area contributed by atoms with Crippen LogP contribution in [0, 0.1) is 6.92 Å². The minimum atomic E-state index is 0.0325. The molecule has 0 aliphatic rings. The zero-order valence-electron chi connectivity index (χ0n) is 7.98. The molecular formula is C10H14ClN. The molecule has 0 atom stereocenters. The average Bonchev–Trinajstić information content (AvgIpc) is 1.83. The molecule has 0 unspecified atom stereocenters. The molecule has 2 heteroatoms. The Morgan fingerprint density at radius 3 is 2.33 bits per heavy atom. The van der Waals surface area contributed by atoms with Gasteiger partial charge in [-0.05, 0) is 18.6 Å². The van der Waals surface area contributed by atoms with Crippen molar-refractivity contribution < 1.29 is 0 Å². The van der Waals surface area contributed by atoms with Crippen molar-refractivity contribution in [2.45, 2.75) is 33.1 Å². The second-order valence-corrected chi connectivity index (χ2v) is 4.50. The van der Waals surface area contributed by atoms with E-state index in [2.05, 4.69) is 25.8 Å². The first-order valence-corrected chi connectivity index (χ1v) is 4.41. The summed E-state index contributed by atoms with van der Waals surface area (Å²) in [6, 6.07) is 1.95. The molecule has 0 aliphatic carbocycles. The summed E-state index contributed by atoms with van der Waals surface area (Å²) in [4.78, 5) is 4.32. The molecule has 1 heterocycles. The van der Waals surface area contributed by atoms with Crippen molar-refractivity contribution in [2.75, 3.05) is 0 Å². The molecule has 0 saturated carbocycles. The Bertz CT molecular complexity index is 286. The van der Waals surface area contributed by atoms with E-state index >= 15 is 0 Å². The molecule has 0 saturated heterocycles. The Morgan fingerprint density at radius 2 is 1.92 bits per heavy atom. The van der Waals surface area contributed by atoms with Crippen LogP contribution < -0.4 is 0 Å². The smallest absolute Gasteiger partial charge is 0.0643 e. The van der Waals surface area contributed by atoms with Gasteiger partial charge in [0.2, 0.25) is 0 Å². The Kier molecular flexibility index (Phi) is 2.43. The van der Waals surface area contributed by atoms with Crippen LogP contribution in [-0.2, 0) is 5.41 Å². The van der Waals surface area contributed by atoms with Gasteiger partial charge < -0.3 is 0 Å². The first-order valence-electron chi connectivity index (χ1n) is 4.04. The maximum Gasteiger partial charge on any atom is 0.0643 e. The third kappa shape index (κ3) is 1.98. The molecule has 1 rings (SSSR count). The molecule has 1 aromatic heterocycles. The standard InChI is InChI=1S/C10H14ClN/c1-7-5-8(11)9(12-6-7)10(2,3)4/h5-6H,1-4H3. The van der Waals surface area contributed by atoms with Crippen molar-refractivity contribution in [2.24, 2.45) is 0 Å². The molecule has 1 aromatic rings. The monoisotopic (exact) mass is 183 g/mol. The quantitative estimate of drug-likeness (QED) is 0.601. The van der Waals surface area contributed by atoms with Crippen molar-refractivity contribution in [3.63, 3.8) is 0 Å². The van der Waals surface area contributed by atoms with Crippen molar-refractivity contribution in [1.29, 1.82) is 0 Å². The molecule has 1 nitrogen and oxygen atoms in total. The van der Waals surface area contributed by atoms with E-state index in [0.717, 1.165) is 16.3 Å². The second kappa shape index (κ2) is 3.06. The predicted molar refractivity (Wildman–Crippen MR) is 52.7 cm³/mol. The third-order valence-corrected chi connectivity index (χ3v) is 1.98. The molecular weight excluding hydrogens is 170 g/mol. The lowest BCUT2D eigenvalue weighted by atomic mass is 9.91. The highest BCUT2D eigenvalue weighted by molar-refractivity contribution is 6.31. The second-order valence-electron chi connectivity index (χ2n) is 4.09. The van der Waals surface area contributed by atoms with Gasteiger partial charge in [0, 0.05) is 11.6 Å². The molecule has 0 radical (unpaired) electrons. The van der Waals surface area contributed by atoms with Crippen LogP contribution in [0.5, 0.6) is 0 Å². The summed E-state index contributed by atoms with van der Waals surface area (Å²) in [6.45, 7) is 8.31. The Balaban J connectivity index is 3.19. The normalized spacial score (nSPS) is 11.8. The summed E-state index contributed by atoms with van der Waals surface area (Å²) < 4.78 is 0. The van der Waals surface area contributed by atoms with E-state index in [1.165, 1.54) is 0 Å². The van der Waals surface area contributed by atoms with Crippen LogP contribution in [0.25, 0.3) is 0 Å². The lowest BCUT2D eigenvalue weighted by Crippen LogP contribution is -2.14. The molecule has 0 aliphatic heterocycles. The predicted octanol–water partition coefficient (Wildman–Crippen LogP) is 3.34.